The number of halogens is 1. The Morgan fingerprint density at radius 2 is 2.07 bits per heavy atom. The zero-order valence-corrected chi connectivity index (χ0v) is 16.7. The largest absolute Gasteiger partial charge is 0.309 e. The molecule has 1 aliphatic carbocycles. The number of aliphatic imine (C=N–C) groups is 1. The molecule has 0 amide bonds. The van der Waals surface area contributed by atoms with Crippen molar-refractivity contribution in [1.82, 2.24) is 10.0 Å². The Bertz CT molecular complexity index is 1050. The van der Waals surface area contributed by atoms with Crippen LogP contribution in [0.5, 0.6) is 0 Å². The minimum absolute atomic E-state index is 0.0247. The van der Waals surface area contributed by atoms with E-state index in [-0.39, 0.29) is 22.4 Å². The van der Waals surface area contributed by atoms with E-state index in [1.54, 1.807) is 12.1 Å². The fourth-order valence-electron chi connectivity index (χ4n) is 3.48. The Morgan fingerprint density at radius 3 is 2.93 bits per heavy atom. The van der Waals surface area contributed by atoms with Crippen molar-refractivity contribution < 1.29 is 12.6 Å². The molecule has 2 aromatic carbocycles. The molecule has 2 unspecified atom stereocenters. The van der Waals surface area contributed by atoms with Gasteiger partial charge in [0.2, 0.25) is 10.0 Å². The summed E-state index contributed by atoms with van der Waals surface area (Å²) in [7, 11) is -5.29. The molecule has 142 valence electrons. The minimum Gasteiger partial charge on any atom is -0.309 e. The van der Waals surface area contributed by atoms with Gasteiger partial charge in [0, 0.05) is 24.2 Å². The highest BCUT2D eigenvalue weighted by Crippen LogP contribution is 2.34. The minimum atomic E-state index is -3.76. The van der Waals surface area contributed by atoms with Crippen molar-refractivity contribution in [2.75, 3.05) is 13.1 Å². The Hall–Kier alpha value is -1.58. The van der Waals surface area contributed by atoms with Crippen molar-refractivity contribution in [3.63, 3.8) is 0 Å². The summed E-state index contributed by atoms with van der Waals surface area (Å²) in [5.74, 6) is 0. The van der Waals surface area contributed by atoms with Crippen LogP contribution in [0.3, 0.4) is 0 Å². The van der Waals surface area contributed by atoms with E-state index in [1.807, 2.05) is 18.2 Å². The third kappa shape index (κ3) is 3.72. The standard InChI is InChI=1S/C18H18ClN3O3S2/c19-13-5-6-14-12(10-13)4-7-15(14)20-8-9-22-27(24,25)17-3-1-2-16-18(17)26(23)11-21-16/h1-3,5-6,10-11,15,20,22H,4,7-9H2. The molecule has 2 atom stereocenters. The number of nitrogens with one attached hydrogen (secondary N) is 2. The molecule has 0 fully saturated rings. The highest BCUT2D eigenvalue weighted by atomic mass is 35.5. The number of benzene rings is 2. The fraction of sp³-hybridized carbons (Fsp3) is 0.278. The molecule has 27 heavy (non-hydrogen) atoms. The summed E-state index contributed by atoms with van der Waals surface area (Å²) >= 11 is 6.03. The van der Waals surface area contributed by atoms with Crippen molar-refractivity contribution in [3.8, 4) is 0 Å². The van der Waals surface area contributed by atoms with Gasteiger partial charge < -0.3 is 5.32 Å². The average molecular weight is 424 g/mol. The van der Waals surface area contributed by atoms with Gasteiger partial charge in [0.15, 0.2) is 0 Å². The Labute approximate surface area is 165 Å². The molecule has 2 aromatic rings. The van der Waals surface area contributed by atoms with Gasteiger partial charge in [-0.3, -0.25) is 0 Å². The SMILES string of the molecule is O=S1C=Nc2cccc(S(=O)(=O)NCCNC3CCc4cc(Cl)ccc43)c21. The second-order valence-corrected chi connectivity index (χ2v) is 9.81. The zero-order chi connectivity index (χ0) is 19.0. The van der Waals surface area contributed by atoms with Crippen molar-refractivity contribution in [2.45, 2.75) is 28.7 Å². The fourth-order valence-corrected chi connectivity index (χ4v) is 6.30. The van der Waals surface area contributed by atoms with E-state index in [1.165, 1.54) is 22.7 Å². The monoisotopic (exact) mass is 423 g/mol. The predicted octanol–water partition coefficient (Wildman–Crippen LogP) is 2.68. The maximum absolute atomic E-state index is 12.6. The van der Waals surface area contributed by atoms with E-state index in [9.17, 15) is 12.6 Å². The molecular weight excluding hydrogens is 406 g/mol. The quantitative estimate of drug-likeness (QED) is 0.699. The number of rotatable bonds is 6. The first-order valence-corrected chi connectivity index (χ1v) is 11.6. The van der Waals surface area contributed by atoms with Gasteiger partial charge in [-0.1, -0.05) is 23.7 Å². The smallest absolute Gasteiger partial charge is 0.241 e. The van der Waals surface area contributed by atoms with Crippen LogP contribution in [-0.2, 0) is 27.2 Å². The first-order valence-electron chi connectivity index (χ1n) is 8.55. The summed E-state index contributed by atoms with van der Waals surface area (Å²) in [6.45, 7) is 0.722. The lowest BCUT2D eigenvalue weighted by atomic mass is 10.1. The number of fused-ring (bicyclic) bond motifs is 2. The molecule has 0 bridgehead atoms. The van der Waals surface area contributed by atoms with Crippen LogP contribution in [0.25, 0.3) is 0 Å². The number of sulfonamides is 1. The van der Waals surface area contributed by atoms with Crippen LogP contribution in [0, 0.1) is 0 Å². The molecule has 0 saturated heterocycles. The van der Waals surface area contributed by atoms with Crippen LogP contribution < -0.4 is 10.0 Å². The normalized spacial score (nSPS) is 20.6. The van der Waals surface area contributed by atoms with Gasteiger partial charge in [0.1, 0.15) is 4.90 Å². The second-order valence-electron chi connectivity index (χ2n) is 6.42. The van der Waals surface area contributed by atoms with E-state index in [4.69, 9.17) is 11.6 Å². The van der Waals surface area contributed by atoms with Gasteiger partial charge in [-0.15, -0.1) is 0 Å². The van der Waals surface area contributed by atoms with Crippen LogP contribution >= 0.6 is 11.6 Å². The lowest BCUT2D eigenvalue weighted by Gasteiger charge is -2.15. The summed E-state index contributed by atoms with van der Waals surface area (Å²) < 4.78 is 39.9. The molecule has 9 heteroatoms. The number of aryl methyl sites for hydroxylation is 1. The van der Waals surface area contributed by atoms with E-state index in [0.717, 1.165) is 17.9 Å². The number of nitrogens with zero attached hydrogens (tertiary/aromatic N) is 1. The third-order valence-corrected chi connectivity index (χ3v) is 7.72. The summed E-state index contributed by atoms with van der Waals surface area (Å²) in [5, 5.41) is 4.12. The van der Waals surface area contributed by atoms with Crippen molar-refractivity contribution in [2.24, 2.45) is 4.99 Å². The number of hydrogen-bond donors (Lipinski definition) is 2. The lowest BCUT2D eigenvalue weighted by molar-refractivity contribution is 0.524. The average Bonchev–Trinajstić information content (AvgIpc) is 3.22. The highest BCUT2D eigenvalue weighted by molar-refractivity contribution is 7.99. The third-order valence-electron chi connectivity index (χ3n) is 4.73. The zero-order valence-electron chi connectivity index (χ0n) is 14.3. The molecule has 6 nitrogen and oxygen atoms in total. The van der Waals surface area contributed by atoms with Gasteiger partial charge >= 0.3 is 0 Å². The van der Waals surface area contributed by atoms with Crippen molar-refractivity contribution in [1.29, 1.82) is 0 Å². The molecule has 4 rings (SSSR count). The molecule has 1 aliphatic heterocycles. The van der Waals surface area contributed by atoms with Crippen molar-refractivity contribution >= 4 is 43.7 Å². The summed E-state index contributed by atoms with van der Waals surface area (Å²) in [6.07, 6.45) is 1.92. The molecule has 0 spiro atoms. The Balaban J connectivity index is 1.38. The molecule has 2 aliphatic rings. The van der Waals surface area contributed by atoms with Gasteiger partial charge in [-0.05, 0) is 48.2 Å². The summed E-state index contributed by atoms with van der Waals surface area (Å²) in [6, 6.07) is 10.8. The molecule has 0 aromatic heterocycles. The molecule has 0 radical (unpaired) electrons. The Kier molecular flexibility index (Phi) is 5.17. The molecule has 2 N–H and O–H groups in total. The summed E-state index contributed by atoms with van der Waals surface area (Å²) in [4.78, 5) is 4.27. The number of hydrogen-bond acceptors (Lipinski definition) is 5. The van der Waals surface area contributed by atoms with Gasteiger partial charge in [-0.2, -0.15) is 0 Å². The maximum Gasteiger partial charge on any atom is 0.241 e. The van der Waals surface area contributed by atoms with Crippen LogP contribution in [0.15, 0.2) is 51.2 Å². The topological polar surface area (TPSA) is 87.6 Å². The first kappa shape index (κ1) is 18.8. The van der Waals surface area contributed by atoms with E-state index in [0.29, 0.717) is 12.2 Å². The Morgan fingerprint density at radius 1 is 1.22 bits per heavy atom. The van der Waals surface area contributed by atoms with E-state index in [2.05, 4.69) is 15.0 Å². The van der Waals surface area contributed by atoms with Crippen LogP contribution in [0.2, 0.25) is 5.02 Å². The van der Waals surface area contributed by atoms with E-state index < -0.39 is 20.8 Å². The molecule has 1 heterocycles. The van der Waals surface area contributed by atoms with E-state index >= 15 is 0 Å². The maximum atomic E-state index is 12.6. The second kappa shape index (κ2) is 7.44. The van der Waals surface area contributed by atoms with Crippen LogP contribution in [0.4, 0.5) is 5.69 Å². The first-order chi connectivity index (χ1) is 13.0. The van der Waals surface area contributed by atoms with Crippen molar-refractivity contribution in [3.05, 3.63) is 52.5 Å². The lowest BCUT2D eigenvalue weighted by Crippen LogP contribution is -2.33. The van der Waals surface area contributed by atoms with Gasteiger partial charge in [0.25, 0.3) is 0 Å². The molecular formula is C18H18ClN3O3S2. The van der Waals surface area contributed by atoms with Gasteiger partial charge in [-0.25, -0.2) is 22.3 Å². The predicted molar refractivity (Wildman–Crippen MR) is 107 cm³/mol. The van der Waals surface area contributed by atoms with Gasteiger partial charge in [0.05, 0.1) is 26.9 Å². The van der Waals surface area contributed by atoms with Crippen LogP contribution in [0.1, 0.15) is 23.6 Å². The van der Waals surface area contributed by atoms with Crippen LogP contribution in [-0.4, -0.2) is 31.3 Å². The summed E-state index contributed by atoms with van der Waals surface area (Å²) in [5.41, 5.74) is 4.16. The highest BCUT2D eigenvalue weighted by Gasteiger charge is 2.27. The molecule has 0 saturated carbocycles.